The zero-order valence-electron chi connectivity index (χ0n) is 8.66. The van der Waals surface area contributed by atoms with Crippen molar-refractivity contribution in [1.82, 2.24) is 9.97 Å². The van der Waals surface area contributed by atoms with E-state index in [0.29, 0.717) is 0 Å². The van der Waals surface area contributed by atoms with Crippen molar-refractivity contribution in [3.63, 3.8) is 0 Å². The number of hydrogen-bond donors (Lipinski definition) is 1. The lowest BCUT2D eigenvalue weighted by Gasteiger charge is -2.01. The number of nitrogens with one attached hydrogen (secondary N) is 1. The highest BCUT2D eigenvalue weighted by Gasteiger charge is 2.03. The molecule has 1 N–H and O–H groups in total. The molecule has 0 amide bonds. The topological polar surface area (TPSA) is 28.7 Å². The van der Waals surface area contributed by atoms with E-state index in [0.717, 1.165) is 6.71 Å². The third kappa shape index (κ3) is 7.38. The Bertz CT molecular complexity index is 164. The maximum absolute atomic E-state index is 3.70. The van der Waals surface area contributed by atoms with Gasteiger partial charge in [0.25, 0.3) is 0 Å². The van der Waals surface area contributed by atoms with Crippen LogP contribution in [0, 0.1) is 0 Å². The van der Waals surface area contributed by atoms with Crippen LogP contribution in [0.15, 0.2) is 31.4 Å². The standard InChI is InChI=1S/C7H15B.C3H4N2/c1-4-7-8(5-2)6-3;1-2-5-3-4-1/h4H,1,5-7H2,2-3H3;1-3H,(H,4,5). The molecular weight excluding hydrogens is 159 g/mol. The summed E-state index contributed by atoms with van der Waals surface area (Å²) in [6.07, 6.45) is 10.9. The highest BCUT2D eigenvalue weighted by Crippen LogP contribution is 2.03. The van der Waals surface area contributed by atoms with E-state index < -0.39 is 0 Å². The van der Waals surface area contributed by atoms with Gasteiger partial charge in [-0.15, -0.1) is 6.58 Å². The summed E-state index contributed by atoms with van der Waals surface area (Å²) >= 11 is 0. The number of allylic oxidation sites excluding steroid dienone is 1. The molecule has 13 heavy (non-hydrogen) atoms. The Morgan fingerprint density at radius 1 is 1.46 bits per heavy atom. The van der Waals surface area contributed by atoms with E-state index in [9.17, 15) is 0 Å². The van der Waals surface area contributed by atoms with Crippen LogP contribution in [0.5, 0.6) is 0 Å². The molecule has 72 valence electrons. The fourth-order valence-corrected chi connectivity index (χ4v) is 1.07. The van der Waals surface area contributed by atoms with Crippen molar-refractivity contribution in [3.05, 3.63) is 31.4 Å². The molecule has 0 bridgehead atoms. The van der Waals surface area contributed by atoms with Crippen molar-refractivity contribution in [2.24, 2.45) is 0 Å². The highest BCUT2D eigenvalue weighted by molar-refractivity contribution is 6.59. The van der Waals surface area contributed by atoms with Crippen LogP contribution < -0.4 is 0 Å². The molecule has 0 aliphatic heterocycles. The van der Waals surface area contributed by atoms with E-state index in [4.69, 9.17) is 0 Å². The first-order valence-corrected chi connectivity index (χ1v) is 4.88. The number of aromatic nitrogens is 2. The molecule has 0 aliphatic rings. The Morgan fingerprint density at radius 3 is 2.31 bits per heavy atom. The van der Waals surface area contributed by atoms with Gasteiger partial charge in [-0.25, -0.2) is 4.98 Å². The minimum Gasteiger partial charge on any atom is -0.351 e. The molecule has 0 fully saturated rings. The second kappa shape index (κ2) is 9.11. The molecule has 0 atom stereocenters. The minimum absolute atomic E-state index is 0.882. The summed E-state index contributed by atoms with van der Waals surface area (Å²) in [6, 6.07) is 0. The van der Waals surface area contributed by atoms with Gasteiger partial charge in [0.2, 0.25) is 0 Å². The van der Waals surface area contributed by atoms with E-state index in [1.54, 1.807) is 18.7 Å². The maximum Gasteiger partial charge on any atom is 0.143 e. The molecule has 1 rings (SSSR count). The molecule has 0 saturated carbocycles. The largest absolute Gasteiger partial charge is 0.351 e. The van der Waals surface area contributed by atoms with Gasteiger partial charge in [-0.3, -0.25) is 0 Å². The number of aromatic amines is 1. The van der Waals surface area contributed by atoms with Gasteiger partial charge in [-0.05, 0) is 0 Å². The van der Waals surface area contributed by atoms with E-state index in [-0.39, 0.29) is 0 Å². The van der Waals surface area contributed by atoms with Crippen molar-refractivity contribution in [1.29, 1.82) is 0 Å². The fourth-order valence-electron chi connectivity index (χ4n) is 1.07. The predicted molar refractivity (Wildman–Crippen MR) is 60.3 cm³/mol. The zero-order chi connectivity index (χ0) is 9.94. The van der Waals surface area contributed by atoms with Gasteiger partial charge in [0.1, 0.15) is 6.71 Å². The van der Waals surface area contributed by atoms with Crippen LogP contribution in [0.25, 0.3) is 0 Å². The van der Waals surface area contributed by atoms with Gasteiger partial charge in [-0.2, -0.15) is 0 Å². The zero-order valence-corrected chi connectivity index (χ0v) is 8.66. The minimum atomic E-state index is 0.882. The SMILES string of the molecule is C=CCB(CC)CC.c1c[nH]cn1. The Kier molecular flexibility index (Phi) is 8.42. The Hall–Kier alpha value is -0.985. The van der Waals surface area contributed by atoms with Crippen LogP contribution in [-0.4, -0.2) is 16.7 Å². The molecule has 0 saturated heterocycles. The molecule has 3 heteroatoms. The molecule has 1 aromatic heterocycles. The monoisotopic (exact) mass is 178 g/mol. The fraction of sp³-hybridized carbons (Fsp3) is 0.500. The molecule has 2 nitrogen and oxygen atoms in total. The summed E-state index contributed by atoms with van der Waals surface area (Å²) < 4.78 is 0. The van der Waals surface area contributed by atoms with E-state index in [2.05, 4.69) is 30.4 Å². The highest BCUT2D eigenvalue weighted by atomic mass is 14.8. The third-order valence-electron chi connectivity index (χ3n) is 2.06. The number of nitrogens with zero attached hydrogens (tertiary/aromatic N) is 1. The van der Waals surface area contributed by atoms with Crippen LogP contribution >= 0.6 is 0 Å². The van der Waals surface area contributed by atoms with E-state index in [1.807, 2.05) is 6.08 Å². The average molecular weight is 178 g/mol. The Balaban J connectivity index is 0.000000243. The van der Waals surface area contributed by atoms with Crippen LogP contribution in [0.1, 0.15) is 13.8 Å². The lowest BCUT2D eigenvalue weighted by atomic mass is 9.44. The molecule has 0 unspecified atom stereocenters. The third-order valence-corrected chi connectivity index (χ3v) is 2.06. The molecular formula is C10H19BN2. The summed E-state index contributed by atoms with van der Waals surface area (Å²) in [7, 11) is 0. The molecule has 0 spiro atoms. The summed E-state index contributed by atoms with van der Waals surface area (Å²) in [5.41, 5.74) is 0. The lowest BCUT2D eigenvalue weighted by molar-refractivity contribution is 1.28. The van der Waals surface area contributed by atoms with Gasteiger partial charge in [0.15, 0.2) is 0 Å². The Labute approximate surface area is 81.6 Å². The predicted octanol–water partition coefficient (Wildman–Crippen LogP) is 3.12. The van der Waals surface area contributed by atoms with Crippen molar-refractivity contribution >= 4 is 6.71 Å². The molecule has 1 aromatic rings. The van der Waals surface area contributed by atoms with Crippen molar-refractivity contribution in [2.45, 2.75) is 32.8 Å². The summed E-state index contributed by atoms with van der Waals surface area (Å²) in [5.74, 6) is 0. The second-order valence-corrected chi connectivity index (χ2v) is 2.97. The van der Waals surface area contributed by atoms with Crippen LogP contribution in [0.2, 0.25) is 19.0 Å². The average Bonchev–Trinajstić information content (AvgIpc) is 2.72. The van der Waals surface area contributed by atoms with E-state index >= 15 is 0 Å². The van der Waals surface area contributed by atoms with Crippen LogP contribution in [0.3, 0.4) is 0 Å². The summed E-state index contributed by atoms with van der Waals surface area (Å²) in [5, 5.41) is 0. The number of rotatable bonds is 4. The van der Waals surface area contributed by atoms with Gasteiger partial charge in [0, 0.05) is 12.4 Å². The first-order valence-electron chi connectivity index (χ1n) is 4.88. The summed E-state index contributed by atoms with van der Waals surface area (Å²) in [6.45, 7) is 9.05. The van der Waals surface area contributed by atoms with Crippen LogP contribution in [0.4, 0.5) is 0 Å². The van der Waals surface area contributed by atoms with Gasteiger partial charge >= 0.3 is 0 Å². The second-order valence-electron chi connectivity index (χ2n) is 2.97. The van der Waals surface area contributed by atoms with E-state index in [1.165, 1.54) is 19.0 Å². The molecule has 0 aliphatic carbocycles. The number of H-pyrrole nitrogens is 1. The molecule has 1 heterocycles. The molecule has 0 aromatic carbocycles. The summed E-state index contributed by atoms with van der Waals surface area (Å²) in [4.78, 5) is 6.42. The first kappa shape index (κ1) is 12.0. The Morgan fingerprint density at radius 2 is 2.15 bits per heavy atom. The number of hydrogen-bond acceptors (Lipinski definition) is 1. The maximum atomic E-state index is 3.70. The van der Waals surface area contributed by atoms with Gasteiger partial charge in [0.05, 0.1) is 6.33 Å². The first-order chi connectivity index (χ1) is 6.35. The van der Waals surface area contributed by atoms with Gasteiger partial charge in [-0.1, -0.05) is 38.9 Å². The number of imidazole rings is 1. The smallest absolute Gasteiger partial charge is 0.143 e. The van der Waals surface area contributed by atoms with Crippen molar-refractivity contribution < 1.29 is 0 Å². The molecule has 0 radical (unpaired) electrons. The lowest BCUT2D eigenvalue weighted by Crippen LogP contribution is -2.05. The normalized spacial score (nSPS) is 8.46. The van der Waals surface area contributed by atoms with Gasteiger partial charge < -0.3 is 4.98 Å². The van der Waals surface area contributed by atoms with Crippen LogP contribution in [-0.2, 0) is 0 Å². The quantitative estimate of drug-likeness (QED) is 0.556. The van der Waals surface area contributed by atoms with Crippen molar-refractivity contribution in [3.8, 4) is 0 Å². The van der Waals surface area contributed by atoms with Crippen molar-refractivity contribution in [2.75, 3.05) is 0 Å².